The van der Waals surface area contributed by atoms with Crippen LogP contribution in [0.4, 0.5) is 10.8 Å². The van der Waals surface area contributed by atoms with Gasteiger partial charge in [0.05, 0.1) is 30.1 Å². The first-order valence-corrected chi connectivity index (χ1v) is 9.01. The first kappa shape index (κ1) is 18.4. The predicted molar refractivity (Wildman–Crippen MR) is 103 cm³/mol. The molecule has 0 unspecified atom stereocenters. The topological polar surface area (TPSA) is 75.4 Å². The van der Waals surface area contributed by atoms with Gasteiger partial charge in [0.25, 0.3) is 0 Å². The molecular weight excluding hydrogens is 362 g/mol. The second kappa shape index (κ2) is 8.34. The van der Waals surface area contributed by atoms with E-state index in [2.05, 4.69) is 11.1 Å². The van der Waals surface area contributed by atoms with E-state index in [9.17, 15) is 4.79 Å². The third-order valence-electron chi connectivity index (χ3n) is 3.72. The third kappa shape index (κ3) is 4.25. The number of methoxy groups -OCH3 is 1. The van der Waals surface area contributed by atoms with Crippen LogP contribution in [-0.2, 0) is 11.4 Å². The van der Waals surface area contributed by atoms with E-state index in [-0.39, 0.29) is 12.5 Å². The fraction of sp³-hybridized carbons (Fsp3) is 0.150. The van der Waals surface area contributed by atoms with Gasteiger partial charge in [0.1, 0.15) is 18.1 Å². The molecule has 136 valence electrons. The Morgan fingerprint density at radius 2 is 2.07 bits per heavy atom. The summed E-state index contributed by atoms with van der Waals surface area (Å²) in [5.41, 5.74) is 1.86. The highest BCUT2D eigenvalue weighted by molar-refractivity contribution is 7.14. The minimum Gasteiger partial charge on any atom is -0.495 e. The van der Waals surface area contributed by atoms with Crippen molar-refractivity contribution in [3.8, 4) is 17.6 Å². The number of ether oxygens (including phenoxy) is 2. The molecule has 0 radical (unpaired) electrons. The summed E-state index contributed by atoms with van der Waals surface area (Å²) in [7, 11) is 1.56. The van der Waals surface area contributed by atoms with Crippen LogP contribution in [0.1, 0.15) is 18.2 Å². The highest BCUT2D eigenvalue weighted by Gasteiger charge is 2.21. The summed E-state index contributed by atoms with van der Waals surface area (Å²) < 4.78 is 11.1. The van der Waals surface area contributed by atoms with Gasteiger partial charge in [-0.05, 0) is 30.3 Å². The molecule has 3 rings (SSSR count). The summed E-state index contributed by atoms with van der Waals surface area (Å²) in [6, 6.07) is 16.3. The fourth-order valence-corrected chi connectivity index (χ4v) is 3.36. The lowest BCUT2D eigenvalue weighted by atomic mass is 10.2. The molecule has 1 amide bonds. The number of amides is 1. The summed E-state index contributed by atoms with van der Waals surface area (Å²) in [6.45, 7) is 1.72. The monoisotopic (exact) mass is 379 g/mol. The number of aromatic nitrogens is 1. The van der Waals surface area contributed by atoms with Crippen LogP contribution in [0.3, 0.4) is 0 Å². The Hall–Kier alpha value is -3.37. The highest BCUT2D eigenvalue weighted by atomic mass is 32.1. The number of benzene rings is 2. The molecule has 1 aromatic heterocycles. The van der Waals surface area contributed by atoms with E-state index >= 15 is 0 Å². The maximum absolute atomic E-state index is 12.2. The molecule has 7 heteroatoms. The molecule has 0 fully saturated rings. The smallest absolute Gasteiger partial charge is 0.230 e. The molecule has 0 N–H and O–H groups in total. The van der Waals surface area contributed by atoms with E-state index in [1.807, 2.05) is 23.6 Å². The predicted octanol–water partition coefficient (Wildman–Crippen LogP) is 4.29. The maximum atomic E-state index is 12.2. The number of carbonyl (C=O) groups is 1. The summed E-state index contributed by atoms with van der Waals surface area (Å²) >= 11 is 1.35. The second-order valence-corrected chi connectivity index (χ2v) is 6.41. The number of anilines is 2. The number of nitriles is 1. The van der Waals surface area contributed by atoms with Crippen molar-refractivity contribution in [3.05, 3.63) is 65.2 Å². The van der Waals surface area contributed by atoms with Crippen molar-refractivity contribution in [2.75, 3.05) is 12.0 Å². The highest BCUT2D eigenvalue weighted by Crippen LogP contribution is 2.35. The third-order valence-corrected chi connectivity index (χ3v) is 4.60. The van der Waals surface area contributed by atoms with Crippen LogP contribution in [0.25, 0.3) is 0 Å². The van der Waals surface area contributed by atoms with Crippen molar-refractivity contribution < 1.29 is 14.3 Å². The maximum Gasteiger partial charge on any atom is 0.230 e. The Labute approximate surface area is 161 Å². The number of hydrogen-bond donors (Lipinski definition) is 0. The van der Waals surface area contributed by atoms with E-state index in [1.165, 1.54) is 23.2 Å². The van der Waals surface area contributed by atoms with E-state index in [4.69, 9.17) is 14.7 Å². The van der Waals surface area contributed by atoms with Gasteiger partial charge in [-0.3, -0.25) is 9.69 Å². The van der Waals surface area contributed by atoms with Crippen molar-refractivity contribution in [1.29, 1.82) is 5.26 Å². The van der Waals surface area contributed by atoms with Crippen LogP contribution in [-0.4, -0.2) is 18.0 Å². The normalized spacial score (nSPS) is 10.1. The average molecular weight is 379 g/mol. The molecule has 3 aromatic rings. The van der Waals surface area contributed by atoms with Gasteiger partial charge < -0.3 is 9.47 Å². The van der Waals surface area contributed by atoms with Crippen molar-refractivity contribution in [1.82, 2.24) is 4.98 Å². The largest absolute Gasteiger partial charge is 0.495 e. The van der Waals surface area contributed by atoms with Crippen molar-refractivity contribution in [2.24, 2.45) is 0 Å². The standard InChI is InChI=1S/C20H17N3O3S/c1-14(24)23(18-8-3-4-9-19(18)25-2)20-22-16(13-27-20)12-26-17-7-5-6-15(10-17)11-21/h3-10,13H,12H2,1-2H3. The number of carbonyl (C=O) groups excluding carboxylic acids is 1. The van der Waals surface area contributed by atoms with Crippen LogP contribution in [0.15, 0.2) is 53.9 Å². The van der Waals surface area contributed by atoms with Crippen LogP contribution in [0, 0.1) is 11.3 Å². The summed E-state index contributed by atoms with van der Waals surface area (Å²) in [4.78, 5) is 18.3. The SMILES string of the molecule is COc1ccccc1N(C(C)=O)c1nc(COc2cccc(C#N)c2)cs1. The van der Waals surface area contributed by atoms with Gasteiger partial charge in [0, 0.05) is 12.3 Å². The summed E-state index contributed by atoms with van der Waals surface area (Å²) in [5.74, 6) is 1.02. The molecule has 0 spiro atoms. The minimum absolute atomic E-state index is 0.164. The van der Waals surface area contributed by atoms with Crippen LogP contribution in [0.5, 0.6) is 11.5 Å². The number of rotatable bonds is 6. The fourth-order valence-electron chi connectivity index (χ4n) is 2.50. The number of para-hydroxylation sites is 2. The van der Waals surface area contributed by atoms with E-state index in [0.29, 0.717) is 33.6 Å². The van der Waals surface area contributed by atoms with Crippen LogP contribution in [0.2, 0.25) is 0 Å². The molecule has 0 aliphatic carbocycles. The van der Waals surface area contributed by atoms with E-state index in [0.717, 1.165) is 0 Å². The Bertz CT molecular complexity index is 994. The van der Waals surface area contributed by atoms with E-state index < -0.39 is 0 Å². The molecule has 0 aliphatic rings. The lowest BCUT2D eigenvalue weighted by molar-refractivity contribution is -0.115. The first-order valence-electron chi connectivity index (χ1n) is 8.13. The molecule has 2 aromatic carbocycles. The first-order chi connectivity index (χ1) is 13.1. The number of thiazole rings is 1. The molecule has 6 nitrogen and oxygen atoms in total. The Balaban J connectivity index is 1.80. The molecule has 0 atom stereocenters. The molecule has 0 aliphatic heterocycles. The summed E-state index contributed by atoms with van der Waals surface area (Å²) in [6.07, 6.45) is 0. The molecule has 0 saturated carbocycles. The minimum atomic E-state index is -0.164. The zero-order valence-electron chi connectivity index (χ0n) is 14.9. The molecule has 0 saturated heterocycles. The van der Waals surface area contributed by atoms with Crippen LogP contribution < -0.4 is 14.4 Å². The zero-order valence-corrected chi connectivity index (χ0v) is 15.7. The van der Waals surface area contributed by atoms with Gasteiger partial charge in [0.2, 0.25) is 5.91 Å². The van der Waals surface area contributed by atoms with Gasteiger partial charge in [-0.1, -0.05) is 18.2 Å². The zero-order chi connectivity index (χ0) is 19.2. The molecular formula is C20H17N3O3S. The Kier molecular flexibility index (Phi) is 5.69. The lowest BCUT2D eigenvalue weighted by Crippen LogP contribution is -2.23. The summed E-state index contributed by atoms with van der Waals surface area (Å²) in [5, 5.41) is 11.3. The molecule has 27 heavy (non-hydrogen) atoms. The van der Waals surface area contributed by atoms with Crippen molar-refractivity contribution >= 4 is 28.1 Å². The van der Waals surface area contributed by atoms with Gasteiger partial charge in [-0.15, -0.1) is 11.3 Å². The Morgan fingerprint density at radius 3 is 2.81 bits per heavy atom. The van der Waals surface area contributed by atoms with E-state index in [1.54, 1.807) is 37.4 Å². The second-order valence-electron chi connectivity index (χ2n) is 5.58. The lowest BCUT2D eigenvalue weighted by Gasteiger charge is -2.20. The quantitative estimate of drug-likeness (QED) is 0.639. The molecule has 1 heterocycles. The van der Waals surface area contributed by atoms with Crippen molar-refractivity contribution in [3.63, 3.8) is 0 Å². The average Bonchev–Trinajstić information content (AvgIpc) is 3.15. The van der Waals surface area contributed by atoms with Crippen molar-refractivity contribution in [2.45, 2.75) is 13.5 Å². The number of nitrogens with zero attached hydrogens (tertiary/aromatic N) is 3. The van der Waals surface area contributed by atoms with Crippen LogP contribution >= 0.6 is 11.3 Å². The number of hydrogen-bond acceptors (Lipinski definition) is 6. The van der Waals surface area contributed by atoms with Gasteiger partial charge >= 0.3 is 0 Å². The van der Waals surface area contributed by atoms with Gasteiger partial charge in [0.15, 0.2) is 5.13 Å². The molecule has 0 bridgehead atoms. The van der Waals surface area contributed by atoms with Gasteiger partial charge in [-0.2, -0.15) is 5.26 Å². The van der Waals surface area contributed by atoms with Gasteiger partial charge in [-0.25, -0.2) is 4.98 Å². The Morgan fingerprint density at radius 1 is 1.26 bits per heavy atom.